The van der Waals surface area contributed by atoms with E-state index in [2.05, 4.69) is 9.98 Å². The number of nitrogens with two attached hydrogens (primary N) is 1. The van der Waals surface area contributed by atoms with Crippen LogP contribution in [0.1, 0.15) is 16.3 Å². The Bertz CT molecular complexity index is 352. The lowest BCUT2D eigenvalue weighted by atomic mass is 10.4. The first kappa shape index (κ1) is 7.02. The van der Waals surface area contributed by atoms with Gasteiger partial charge in [-0.05, 0) is 0 Å². The van der Waals surface area contributed by atoms with Crippen molar-refractivity contribution in [3.63, 3.8) is 0 Å². The molecule has 1 aliphatic rings. The fourth-order valence-electron chi connectivity index (χ4n) is 1.23. The van der Waals surface area contributed by atoms with Crippen LogP contribution in [0.5, 0.6) is 0 Å². The second-order valence-electron chi connectivity index (χ2n) is 2.56. The van der Waals surface area contributed by atoms with Gasteiger partial charge < -0.3 is 10.3 Å². The number of nitrogens with zero attached hydrogens (tertiary/aromatic N) is 3. The minimum Gasteiger partial charge on any atom is -0.364 e. The number of aliphatic imine (C=N–C) groups is 1. The summed E-state index contributed by atoms with van der Waals surface area (Å²) in [7, 11) is 0. The average Bonchev–Trinajstić information content (AvgIpc) is 2.47. The van der Waals surface area contributed by atoms with E-state index in [0.29, 0.717) is 18.8 Å². The van der Waals surface area contributed by atoms with Gasteiger partial charge in [0, 0.05) is 6.21 Å². The molecule has 0 bridgehead atoms. The van der Waals surface area contributed by atoms with E-state index in [1.807, 2.05) is 0 Å². The number of imidazole rings is 1. The number of aromatic nitrogens is 2. The normalized spacial score (nSPS) is 14.3. The summed E-state index contributed by atoms with van der Waals surface area (Å²) in [6.07, 6.45) is 3.24. The minimum atomic E-state index is -0.441. The lowest BCUT2D eigenvalue weighted by molar-refractivity contribution is 0.0992. The zero-order valence-corrected chi connectivity index (χ0v) is 6.40. The molecule has 0 saturated carbocycles. The Morgan fingerprint density at radius 1 is 1.67 bits per heavy atom. The first-order chi connectivity index (χ1) is 5.79. The van der Waals surface area contributed by atoms with Gasteiger partial charge in [-0.25, -0.2) is 4.98 Å². The summed E-state index contributed by atoms with van der Waals surface area (Å²) in [6.45, 7) is 1.13. The molecule has 0 fully saturated rings. The molecule has 5 nitrogen and oxygen atoms in total. The van der Waals surface area contributed by atoms with Crippen LogP contribution in [0.4, 0.5) is 0 Å². The number of hydrogen-bond donors (Lipinski definition) is 1. The summed E-state index contributed by atoms with van der Waals surface area (Å²) in [6, 6.07) is 0. The largest absolute Gasteiger partial charge is 0.364 e. The molecule has 2 heterocycles. The highest BCUT2D eigenvalue weighted by Crippen LogP contribution is 2.08. The molecule has 0 aliphatic carbocycles. The third kappa shape index (κ3) is 0.903. The third-order valence-electron chi connectivity index (χ3n) is 1.82. The van der Waals surface area contributed by atoms with Crippen molar-refractivity contribution < 1.29 is 4.79 Å². The first-order valence-corrected chi connectivity index (χ1v) is 3.61. The van der Waals surface area contributed by atoms with E-state index in [-0.39, 0.29) is 0 Å². The maximum Gasteiger partial charge on any atom is 0.266 e. The van der Waals surface area contributed by atoms with Gasteiger partial charge in [0.05, 0.1) is 19.3 Å². The zero-order valence-electron chi connectivity index (χ0n) is 6.40. The molecule has 0 radical (unpaired) electrons. The quantitative estimate of drug-likeness (QED) is 0.611. The monoisotopic (exact) mass is 164 g/mol. The summed E-state index contributed by atoms with van der Waals surface area (Å²) in [4.78, 5) is 18.9. The van der Waals surface area contributed by atoms with Crippen LogP contribution >= 0.6 is 0 Å². The molecule has 1 amide bonds. The van der Waals surface area contributed by atoms with Crippen LogP contribution in [-0.2, 0) is 13.1 Å². The highest BCUT2D eigenvalue weighted by Gasteiger charge is 2.14. The summed E-state index contributed by atoms with van der Waals surface area (Å²) in [5.41, 5.74) is 5.59. The second-order valence-corrected chi connectivity index (χ2v) is 2.56. The predicted octanol–water partition coefficient (Wildman–Crippen LogP) is -0.434. The van der Waals surface area contributed by atoms with Gasteiger partial charge in [0.15, 0.2) is 0 Å². The van der Waals surface area contributed by atoms with Crippen molar-refractivity contribution in [1.82, 2.24) is 9.55 Å². The number of carbonyl (C=O) groups is 1. The van der Waals surface area contributed by atoms with Gasteiger partial charge in [0.25, 0.3) is 5.91 Å². The molecular formula is C7H8N4O. The van der Waals surface area contributed by atoms with Gasteiger partial charge in [0.1, 0.15) is 11.5 Å². The van der Waals surface area contributed by atoms with Crippen molar-refractivity contribution in [1.29, 1.82) is 0 Å². The van der Waals surface area contributed by atoms with E-state index >= 15 is 0 Å². The Balaban J connectivity index is 2.48. The van der Waals surface area contributed by atoms with Crippen LogP contribution < -0.4 is 5.73 Å². The topological polar surface area (TPSA) is 73.3 Å². The summed E-state index contributed by atoms with van der Waals surface area (Å²) in [5, 5.41) is 0. The molecule has 62 valence electrons. The van der Waals surface area contributed by atoms with Gasteiger partial charge in [-0.3, -0.25) is 9.79 Å². The van der Waals surface area contributed by atoms with Crippen molar-refractivity contribution in [2.24, 2.45) is 10.7 Å². The maximum absolute atomic E-state index is 10.9. The summed E-state index contributed by atoms with van der Waals surface area (Å²) < 4.78 is 1.77. The predicted molar refractivity (Wildman–Crippen MR) is 42.9 cm³/mol. The third-order valence-corrected chi connectivity index (χ3v) is 1.82. The second kappa shape index (κ2) is 2.44. The van der Waals surface area contributed by atoms with E-state index in [0.717, 1.165) is 5.82 Å². The Morgan fingerprint density at radius 3 is 3.25 bits per heavy atom. The van der Waals surface area contributed by atoms with Crippen LogP contribution in [0.25, 0.3) is 0 Å². The molecule has 0 unspecified atom stereocenters. The fourth-order valence-corrected chi connectivity index (χ4v) is 1.23. The van der Waals surface area contributed by atoms with Crippen molar-refractivity contribution in [2.75, 3.05) is 0 Å². The number of rotatable bonds is 1. The number of fused-ring (bicyclic) bond motifs is 1. The molecule has 5 heteroatoms. The number of primary amides is 1. The molecule has 0 aromatic carbocycles. The molecule has 1 aromatic rings. The number of carbonyl (C=O) groups excluding carboxylic acids is 1. The van der Waals surface area contributed by atoms with E-state index in [9.17, 15) is 4.79 Å². The molecule has 0 atom stereocenters. The molecule has 2 rings (SSSR count). The Labute approximate surface area is 68.9 Å². The van der Waals surface area contributed by atoms with E-state index in [4.69, 9.17) is 5.73 Å². The average molecular weight is 164 g/mol. The highest BCUT2D eigenvalue weighted by atomic mass is 16.1. The van der Waals surface area contributed by atoms with Crippen molar-refractivity contribution in [3.8, 4) is 0 Å². The smallest absolute Gasteiger partial charge is 0.266 e. The zero-order chi connectivity index (χ0) is 8.55. The molecule has 0 saturated heterocycles. The van der Waals surface area contributed by atoms with Crippen LogP contribution in [0, 0.1) is 0 Å². The minimum absolute atomic E-state index is 0.441. The SMILES string of the molecule is NC(=O)c1cnc2n1CC=NC2. The van der Waals surface area contributed by atoms with Crippen molar-refractivity contribution in [3.05, 3.63) is 17.7 Å². The molecule has 1 aliphatic heterocycles. The van der Waals surface area contributed by atoms with Crippen molar-refractivity contribution in [2.45, 2.75) is 13.1 Å². The molecule has 2 N–H and O–H groups in total. The van der Waals surface area contributed by atoms with Crippen LogP contribution in [-0.4, -0.2) is 21.7 Å². The van der Waals surface area contributed by atoms with Gasteiger partial charge in [-0.15, -0.1) is 0 Å². The fraction of sp³-hybridized carbons (Fsp3) is 0.286. The van der Waals surface area contributed by atoms with Gasteiger partial charge in [-0.1, -0.05) is 0 Å². The van der Waals surface area contributed by atoms with Crippen LogP contribution in [0.15, 0.2) is 11.2 Å². The molecule has 1 aromatic heterocycles. The van der Waals surface area contributed by atoms with E-state index in [1.165, 1.54) is 6.20 Å². The highest BCUT2D eigenvalue weighted by molar-refractivity contribution is 5.91. The Morgan fingerprint density at radius 2 is 2.50 bits per heavy atom. The standard InChI is InChI=1S/C7H8N4O/c8-7(12)5-3-10-6-4-9-1-2-11(5)6/h1,3H,2,4H2,(H2,8,12). The van der Waals surface area contributed by atoms with Crippen LogP contribution in [0.2, 0.25) is 0 Å². The molecule has 12 heavy (non-hydrogen) atoms. The number of hydrogen-bond acceptors (Lipinski definition) is 3. The van der Waals surface area contributed by atoms with Gasteiger partial charge in [-0.2, -0.15) is 0 Å². The lowest BCUT2D eigenvalue weighted by Gasteiger charge is -2.09. The van der Waals surface area contributed by atoms with Gasteiger partial charge >= 0.3 is 0 Å². The van der Waals surface area contributed by atoms with Crippen molar-refractivity contribution >= 4 is 12.1 Å². The van der Waals surface area contributed by atoms with Crippen LogP contribution in [0.3, 0.4) is 0 Å². The summed E-state index contributed by atoms with van der Waals surface area (Å²) in [5.74, 6) is 0.357. The first-order valence-electron chi connectivity index (χ1n) is 3.61. The summed E-state index contributed by atoms with van der Waals surface area (Å²) >= 11 is 0. The lowest BCUT2D eigenvalue weighted by Crippen LogP contribution is -2.20. The Kier molecular flexibility index (Phi) is 1.43. The Hall–Kier alpha value is -1.65. The maximum atomic E-state index is 10.9. The molecule has 0 spiro atoms. The molecular weight excluding hydrogens is 156 g/mol. The van der Waals surface area contributed by atoms with Gasteiger partial charge in [0.2, 0.25) is 0 Å². The van der Waals surface area contributed by atoms with E-state index < -0.39 is 5.91 Å². The number of amides is 1. The van der Waals surface area contributed by atoms with E-state index in [1.54, 1.807) is 10.8 Å².